The highest BCUT2D eigenvalue weighted by Gasteiger charge is 2.36. The van der Waals surface area contributed by atoms with Crippen molar-refractivity contribution in [2.24, 2.45) is 0 Å². The van der Waals surface area contributed by atoms with Crippen LogP contribution >= 0.6 is 0 Å². The second-order valence-corrected chi connectivity index (χ2v) is 18.1. The molecule has 2 aromatic heterocycles. The molecule has 3 nitrogen and oxygen atoms in total. The smallest absolute Gasteiger partial charge is 0.136 e. The molecule has 1 aliphatic carbocycles. The van der Waals surface area contributed by atoms with E-state index in [1.54, 1.807) is 0 Å². The van der Waals surface area contributed by atoms with Gasteiger partial charge in [-0.2, -0.15) is 0 Å². The highest BCUT2D eigenvalue weighted by atomic mass is 16.3. The lowest BCUT2D eigenvalue weighted by atomic mass is 9.82. The SMILES string of the molecule is CC1(C)c2ccccc2-c2cc3c4cc(-c5ccc(N(c6ccc(-c7ccccc7)cc6)c6ccc(-c7cccc8oc9ccccc9c78)cc6)cc5)ccc4n(-c4ccccc4)c3cc21. The molecule has 10 aromatic carbocycles. The fourth-order valence-corrected chi connectivity index (χ4v) is 10.7. The van der Waals surface area contributed by atoms with Crippen LogP contribution in [-0.4, -0.2) is 4.57 Å². The minimum absolute atomic E-state index is 0.0882. The van der Waals surface area contributed by atoms with Crippen molar-refractivity contribution in [1.29, 1.82) is 0 Å². The molecule has 0 amide bonds. The van der Waals surface area contributed by atoms with Gasteiger partial charge in [0.05, 0.1) is 11.0 Å². The van der Waals surface area contributed by atoms with E-state index in [4.69, 9.17) is 4.42 Å². The molecule has 2 heterocycles. The molecule has 0 aliphatic heterocycles. The first kappa shape index (κ1) is 38.1. The molecule has 1 aliphatic rings. The molecule has 0 atom stereocenters. The summed E-state index contributed by atoms with van der Waals surface area (Å²) < 4.78 is 8.70. The summed E-state index contributed by atoms with van der Waals surface area (Å²) in [7, 11) is 0. The average molecular weight is 845 g/mol. The van der Waals surface area contributed by atoms with E-state index in [9.17, 15) is 0 Å². The van der Waals surface area contributed by atoms with E-state index < -0.39 is 0 Å². The molecular formula is C63H44N2O. The Labute approximate surface area is 384 Å². The zero-order chi connectivity index (χ0) is 43.9. The Bertz CT molecular complexity index is 3800. The van der Waals surface area contributed by atoms with Gasteiger partial charge in [-0.15, -0.1) is 0 Å². The molecule has 0 N–H and O–H groups in total. The van der Waals surface area contributed by atoms with Crippen molar-refractivity contribution in [1.82, 2.24) is 4.57 Å². The van der Waals surface area contributed by atoms with Gasteiger partial charge in [-0.1, -0.05) is 159 Å². The monoisotopic (exact) mass is 844 g/mol. The topological polar surface area (TPSA) is 21.3 Å². The fourth-order valence-electron chi connectivity index (χ4n) is 10.7. The molecule has 0 radical (unpaired) electrons. The molecule has 3 heteroatoms. The number of rotatable bonds is 7. The van der Waals surface area contributed by atoms with E-state index in [2.05, 4.69) is 242 Å². The first-order chi connectivity index (χ1) is 32.5. The number of anilines is 3. The van der Waals surface area contributed by atoms with E-state index in [0.717, 1.165) is 50.1 Å². The van der Waals surface area contributed by atoms with Crippen molar-refractivity contribution >= 4 is 60.8 Å². The molecular weight excluding hydrogens is 801 g/mol. The number of hydrogen-bond donors (Lipinski definition) is 0. The van der Waals surface area contributed by atoms with Crippen molar-refractivity contribution in [3.05, 3.63) is 242 Å². The summed E-state index contributed by atoms with van der Waals surface area (Å²) in [6.07, 6.45) is 0. The minimum Gasteiger partial charge on any atom is -0.456 e. The van der Waals surface area contributed by atoms with Crippen LogP contribution in [0.3, 0.4) is 0 Å². The third-order valence-electron chi connectivity index (χ3n) is 14.0. The largest absolute Gasteiger partial charge is 0.456 e. The summed E-state index contributed by atoms with van der Waals surface area (Å²) in [5.74, 6) is 0. The van der Waals surface area contributed by atoms with E-state index in [0.29, 0.717) is 0 Å². The molecule has 0 unspecified atom stereocenters. The molecule has 0 spiro atoms. The Balaban J connectivity index is 0.914. The molecule has 0 saturated carbocycles. The number of hydrogen-bond acceptors (Lipinski definition) is 2. The van der Waals surface area contributed by atoms with Crippen molar-refractivity contribution in [2.75, 3.05) is 4.90 Å². The molecule has 0 saturated heterocycles. The molecule has 0 bridgehead atoms. The number of benzene rings is 10. The second kappa shape index (κ2) is 14.8. The van der Waals surface area contributed by atoms with Crippen LogP contribution in [0.15, 0.2) is 235 Å². The maximum absolute atomic E-state index is 6.26. The molecule has 312 valence electrons. The number of fused-ring (bicyclic) bond motifs is 9. The van der Waals surface area contributed by atoms with Crippen LogP contribution in [0.1, 0.15) is 25.0 Å². The van der Waals surface area contributed by atoms with Crippen molar-refractivity contribution in [2.45, 2.75) is 19.3 Å². The molecule has 13 rings (SSSR count). The zero-order valence-electron chi connectivity index (χ0n) is 36.7. The van der Waals surface area contributed by atoms with Crippen LogP contribution in [0.2, 0.25) is 0 Å². The predicted molar refractivity (Wildman–Crippen MR) is 277 cm³/mol. The maximum atomic E-state index is 6.26. The van der Waals surface area contributed by atoms with E-state index in [-0.39, 0.29) is 5.41 Å². The lowest BCUT2D eigenvalue weighted by Crippen LogP contribution is -2.14. The highest BCUT2D eigenvalue weighted by molar-refractivity contribution is 6.14. The summed E-state index contributed by atoms with van der Waals surface area (Å²) >= 11 is 0. The Kier molecular flexibility index (Phi) is 8.56. The van der Waals surface area contributed by atoms with E-state index >= 15 is 0 Å². The zero-order valence-corrected chi connectivity index (χ0v) is 36.7. The normalized spacial score (nSPS) is 12.8. The first-order valence-corrected chi connectivity index (χ1v) is 22.8. The summed E-state index contributed by atoms with van der Waals surface area (Å²) in [5.41, 5.74) is 21.1. The number of furan rings is 1. The Morgan fingerprint density at radius 1 is 0.364 bits per heavy atom. The van der Waals surface area contributed by atoms with Gasteiger partial charge in [-0.05, 0) is 141 Å². The number of para-hydroxylation sites is 2. The summed E-state index contributed by atoms with van der Waals surface area (Å²) in [6.45, 7) is 4.72. The van der Waals surface area contributed by atoms with Crippen LogP contribution in [0.5, 0.6) is 0 Å². The van der Waals surface area contributed by atoms with Crippen LogP contribution in [-0.2, 0) is 5.41 Å². The van der Waals surface area contributed by atoms with Gasteiger partial charge in [0.2, 0.25) is 0 Å². The Hall–Kier alpha value is -8.40. The summed E-state index contributed by atoms with van der Waals surface area (Å²) in [5, 5.41) is 4.79. The lowest BCUT2D eigenvalue weighted by Gasteiger charge is -2.26. The van der Waals surface area contributed by atoms with Crippen LogP contribution in [0.4, 0.5) is 17.1 Å². The number of aromatic nitrogens is 1. The van der Waals surface area contributed by atoms with Gasteiger partial charge in [0, 0.05) is 49.7 Å². The molecule has 66 heavy (non-hydrogen) atoms. The van der Waals surface area contributed by atoms with Gasteiger partial charge in [0.25, 0.3) is 0 Å². The third kappa shape index (κ3) is 5.97. The van der Waals surface area contributed by atoms with Gasteiger partial charge in [-0.3, -0.25) is 0 Å². The summed E-state index contributed by atoms with van der Waals surface area (Å²) in [4.78, 5) is 2.35. The van der Waals surface area contributed by atoms with E-state index in [1.165, 1.54) is 72.0 Å². The Morgan fingerprint density at radius 3 is 1.64 bits per heavy atom. The summed E-state index contributed by atoms with van der Waals surface area (Å²) in [6, 6.07) is 83.8. The lowest BCUT2D eigenvalue weighted by molar-refractivity contribution is 0.661. The number of nitrogens with zero attached hydrogens (tertiary/aromatic N) is 2. The van der Waals surface area contributed by atoms with Crippen molar-refractivity contribution in [3.8, 4) is 50.2 Å². The standard InChI is InChI=1S/C63H44N2O/c1-63(2)56-21-11-9-18-51(56)53-39-55-54-38-45(30-37-58(54)65(59(55)40-57(53)63)46-16-7-4-8-17-46)43-26-33-48(34-27-43)64(47-31-24-42(25-32-47)41-14-5-3-6-15-41)49-35-28-44(29-36-49)50-20-13-23-61-62(50)52-19-10-12-22-60(52)66-61/h3-40H,1-2H3. The van der Waals surface area contributed by atoms with Gasteiger partial charge < -0.3 is 13.9 Å². The fraction of sp³-hybridized carbons (Fsp3) is 0.0476. The predicted octanol–water partition coefficient (Wildman–Crippen LogP) is 17.5. The quantitative estimate of drug-likeness (QED) is 0.159. The first-order valence-electron chi connectivity index (χ1n) is 22.8. The van der Waals surface area contributed by atoms with Crippen LogP contribution in [0.25, 0.3) is 93.9 Å². The van der Waals surface area contributed by atoms with Crippen molar-refractivity contribution < 1.29 is 4.42 Å². The minimum atomic E-state index is -0.0882. The van der Waals surface area contributed by atoms with E-state index in [1.807, 2.05) is 12.1 Å². The van der Waals surface area contributed by atoms with Gasteiger partial charge in [-0.25, -0.2) is 0 Å². The molecule has 12 aromatic rings. The van der Waals surface area contributed by atoms with Gasteiger partial charge in [0.15, 0.2) is 0 Å². The van der Waals surface area contributed by atoms with Gasteiger partial charge >= 0.3 is 0 Å². The third-order valence-corrected chi connectivity index (χ3v) is 14.0. The van der Waals surface area contributed by atoms with Crippen molar-refractivity contribution in [3.63, 3.8) is 0 Å². The second-order valence-electron chi connectivity index (χ2n) is 18.1. The van der Waals surface area contributed by atoms with Crippen LogP contribution < -0.4 is 4.90 Å². The highest BCUT2D eigenvalue weighted by Crippen LogP contribution is 2.51. The maximum Gasteiger partial charge on any atom is 0.136 e. The average Bonchev–Trinajstić information content (AvgIpc) is 3.99. The van der Waals surface area contributed by atoms with Crippen LogP contribution in [0, 0.1) is 0 Å². The van der Waals surface area contributed by atoms with Gasteiger partial charge in [0.1, 0.15) is 11.2 Å². The molecule has 0 fully saturated rings. The Morgan fingerprint density at radius 2 is 0.909 bits per heavy atom.